The lowest BCUT2D eigenvalue weighted by Gasteiger charge is -2.08. The van der Waals surface area contributed by atoms with Crippen LogP contribution >= 0.6 is 23.4 Å². The minimum atomic E-state index is 0.292. The van der Waals surface area contributed by atoms with E-state index in [4.69, 9.17) is 17.3 Å². The van der Waals surface area contributed by atoms with E-state index in [2.05, 4.69) is 11.9 Å². The summed E-state index contributed by atoms with van der Waals surface area (Å²) in [6, 6.07) is 2.24. The van der Waals surface area contributed by atoms with E-state index in [0.29, 0.717) is 6.04 Å². The average Bonchev–Trinajstić information content (AvgIpc) is 2.20. The van der Waals surface area contributed by atoms with Gasteiger partial charge in [0.25, 0.3) is 0 Å². The number of nitrogens with zero attached hydrogens (tertiary/aromatic N) is 1. The van der Waals surface area contributed by atoms with Gasteiger partial charge in [-0.15, -0.1) is 0 Å². The molecule has 4 heteroatoms. The van der Waals surface area contributed by atoms with E-state index in [1.54, 1.807) is 12.4 Å². The van der Waals surface area contributed by atoms with Crippen molar-refractivity contribution in [2.75, 3.05) is 5.75 Å². The number of aromatic nitrogens is 1. The van der Waals surface area contributed by atoms with Gasteiger partial charge in [-0.2, -0.15) is 11.8 Å². The van der Waals surface area contributed by atoms with Gasteiger partial charge < -0.3 is 5.73 Å². The van der Waals surface area contributed by atoms with Crippen LogP contribution in [0.2, 0.25) is 5.02 Å². The van der Waals surface area contributed by atoms with Crippen LogP contribution in [0, 0.1) is 0 Å². The molecule has 0 bridgehead atoms. The molecule has 0 aliphatic rings. The SMILES string of the molecule is CCC(N)CSCc1ccncc1Cl. The third-order valence-corrected chi connectivity index (χ3v) is 3.49. The summed E-state index contributed by atoms with van der Waals surface area (Å²) in [7, 11) is 0. The molecule has 0 radical (unpaired) electrons. The first-order valence-electron chi connectivity index (χ1n) is 4.65. The summed E-state index contributed by atoms with van der Waals surface area (Å²) < 4.78 is 0. The molecule has 0 aliphatic carbocycles. The molecule has 1 aromatic heterocycles. The van der Waals surface area contributed by atoms with Crippen molar-refractivity contribution in [2.24, 2.45) is 5.73 Å². The average molecular weight is 231 g/mol. The van der Waals surface area contributed by atoms with Gasteiger partial charge in [0.2, 0.25) is 0 Å². The Morgan fingerprint density at radius 2 is 2.43 bits per heavy atom. The Hall–Kier alpha value is -0.250. The van der Waals surface area contributed by atoms with Crippen LogP contribution in [0.25, 0.3) is 0 Å². The van der Waals surface area contributed by atoms with Crippen molar-refractivity contribution in [2.45, 2.75) is 25.1 Å². The quantitative estimate of drug-likeness (QED) is 0.846. The zero-order valence-corrected chi connectivity index (χ0v) is 9.81. The lowest BCUT2D eigenvalue weighted by atomic mass is 10.3. The van der Waals surface area contributed by atoms with Crippen molar-refractivity contribution in [3.8, 4) is 0 Å². The maximum atomic E-state index is 5.97. The Kier molecular flexibility index (Phi) is 5.30. The largest absolute Gasteiger partial charge is 0.327 e. The van der Waals surface area contributed by atoms with Crippen molar-refractivity contribution >= 4 is 23.4 Å². The van der Waals surface area contributed by atoms with Gasteiger partial charge in [0.15, 0.2) is 0 Å². The molecule has 0 aromatic carbocycles. The van der Waals surface area contributed by atoms with E-state index < -0.39 is 0 Å². The highest BCUT2D eigenvalue weighted by molar-refractivity contribution is 7.98. The fourth-order valence-corrected chi connectivity index (χ4v) is 2.35. The standard InChI is InChI=1S/C10H15ClN2S/c1-2-9(12)7-14-6-8-3-4-13-5-10(8)11/h3-5,9H,2,6-7,12H2,1H3. The summed E-state index contributed by atoms with van der Waals surface area (Å²) in [5.74, 6) is 1.89. The smallest absolute Gasteiger partial charge is 0.0629 e. The molecule has 1 atom stereocenters. The van der Waals surface area contributed by atoms with Crippen molar-refractivity contribution in [1.82, 2.24) is 4.98 Å². The summed E-state index contributed by atoms with van der Waals surface area (Å²) >= 11 is 7.78. The van der Waals surface area contributed by atoms with Crippen LogP contribution in [0.15, 0.2) is 18.5 Å². The van der Waals surface area contributed by atoms with E-state index in [0.717, 1.165) is 28.5 Å². The van der Waals surface area contributed by atoms with Crippen molar-refractivity contribution in [3.05, 3.63) is 29.0 Å². The first-order valence-corrected chi connectivity index (χ1v) is 6.19. The van der Waals surface area contributed by atoms with Crippen LogP contribution in [0.1, 0.15) is 18.9 Å². The molecule has 0 spiro atoms. The molecule has 0 aliphatic heterocycles. The molecule has 1 rings (SSSR count). The highest BCUT2D eigenvalue weighted by atomic mass is 35.5. The van der Waals surface area contributed by atoms with E-state index in [1.807, 2.05) is 17.8 Å². The Bertz CT molecular complexity index is 281. The van der Waals surface area contributed by atoms with Gasteiger partial charge in [-0.25, -0.2) is 0 Å². The van der Waals surface area contributed by atoms with E-state index >= 15 is 0 Å². The molecule has 78 valence electrons. The number of hydrogen-bond donors (Lipinski definition) is 1. The van der Waals surface area contributed by atoms with Gasteiger partial charge in [-0.3, -0.25) is 4.98 Å². The minimum Gasteiger partial charge on any atom is -0.327 e. The Morgan fingerprint density at radius 1 is 1.64 bits per heavy atom. The summed E-state index contributed by atoms with van der Waals surface area (Å²) in [6.45, 7) is 2.10. The molecule has 0 saturated heterocycles. The Labute approximate surface area is 94.2 Å². The summed E-state index contributed by atoms with van der Waals surface area (Å²) in [5, 5.41) is 0.741. The highest BCUT2D eigenvalue weighted by Gasteiger charge is 2.02. The van der Waals surface area contributed by atoms with Crippen LogP contribution in [0.4, 0.5) is 0 Å². The minimum absolute atomic E-state index is 0.292. The lowest BCUT2D eigenvalue weighted by Crippen LogP contribution is -2.21. The predicted molar refractivity (Wildman–Crippen MR) is 63.7 cm³/mol. The summed E-state index contributed by atoms with van der Waals surface area (Å²) in [6.07, 6.45) is 4.47. The zero-order valence-electron chi connectivity index (χ0n) is 8.24. The van der Waals surface area contributed by atoms with Crippen LogP contribution in [0.3, 0.4) is 0 Å². The Balaban J connectivity index is 2.35. The molecule has 2 nitrogen and oxygen atoms in total. The fourth-order valence-electron chi connectivity index (χ4n) is 0.959. The van der Waals surface area contributed by atoms with Crippen molar-refractivity contribution in [1.29, 1.82) is 0 Å². The summed E-state index contributed by atoms with van der Waals surface area (Å²) in [4.78, 5) is 3.94. The second-order valence-electron chi connectivity index (χ2n) is 3.15. The highest BCUT2D eigenvalue weighted by Crippen LogP contribution is 2.20. The van der Waals surface area contributed by atoms with Gasteiger partial charge in [0.05, 0.1) is 5.02 Å². The van der Waals surface area contributed by atoms with Crippen molar-refractivity contribution < 1.29 is 0 Å². The monoisotopic (exact) mass is 230 g/mol. The third kappa shape index (κ3) is 3.86. The molecule has 14 heavy (non-hydrogen) atoms. The second kappa shape index (κ2) is 6.27. The van der Waals surface area contributed by atoms with Gasteiger partial charge in [0, 0.05) is 29.9 Å². The molecule has 1 unspecified atom stereocenters. The molecule has 0 amide bonds. The molecule has 1 heterocycles. The third-order valence-electron chi connectivity index (χ3n) is 1.97. The van der Waals surface area contributed by atoms with Crippen LogP contribution in [0.5, 0.6) is 0 Å². The topological polar surface area (TPSA) is 38.9 Å². The fraction of sp³-hybridized carbons (Fsp3) is 0.500. The zero-order chi connectivity index (χ0) is 10.4. The first kappa shape index (κ1) is 11.8. The number of pyridine rings is 1. The van der Waals surface area contributed by atoms with E-state index in [9.17, 15) is 0 Å². The number of thioether (sulfide) groups is 1. The second-order valence-corrected chi connectivity index (χ2v) is 4.59. The van der Waals surface area contributed by atoms with Crippen LogP contribution in [-0.2, 0) is 5.75 Å². The molecule has 0 fully saturated rings. The molecular formula is C10H15ClN2S. The predicted octanol–water partition coefficient (Wildman–Crippen LogP) is 2.71. The summed E-state index contributed by atoms with van der Waals surface area (Å²) in [5.41, 5.74) is 6.94. The maximum absolute atomic E-state index is 5.97. The number of rotatable bonds is 5. The molecule has 0 saturated carbocycles. The van der Waals surface area contributed by atoms with Crippen molar-refractivity contribution in [3.63, 3.8) is 0 Å². The number of hydrogen-bond acceptors (Lipinski definition) is 3. The van der Waals surface area contributed by atoms with Gasteiger partial charge in [0.1, 0.15) is 0 Å². The van der Waals surface area contributed by atoms with Gasteiger partial charge in [-0.05, 0) is 18.1 Å². The van der Waals surface area contributed by atoms with E-state index in [1.165, 1.54) is 0 Å². The molecular weight excluding hydrogens is 216 g/mol. The van der Waals surface area contributed by atoms with Crippen LogP contribution < -0.4 is 5.73 Å². The van der Waals surface area contributed by atoms with Gasteiger partial charge in [-0.1, -0.05) is 18.5 Å². The maximum Gasteiger partial charge on any atom is 0.0629 e. The van der Waals surface area contributed by atoms with Gasteiger partial charge >= 0.3 is 0 Å². The van der Waals surface area contributed by atoms with Crippen LogP contribution in [-0.4, -0.2) is 16.8 Å². The molecule has 2 N–H and O–H groups in total. The molecule has 1 aromatic rings. The Morgan fingerprint density at radius 3 is 3.07 bits per heavy atom. The first-order chi connectivity index (χ1) is 6.74. The number of nitrogens with two attached hydrogens (primary N) is 1. The normalized spacial score (nSPS) is 12.8. The number of halogens is 1. The lowest BCUT2D eigenvalue weighted by molar-refractivity contribution is 0.725. The van der Waals surface area contributed by atoms with E-state index in [-0.39, 0.29) is 0 Å².